The smallest absolute Gasteiger partial charge is 0.319 e. The topological polar surface area (TPSA) is 102 Å². The highest BCUT2D eigenvalue weighted by molar-refractivity contribution is 6.00. The molecular formula is C19H22N4O4. The van der Waals surface area contributed by atoms with Gasteiger partial charge in [0.15, 0.2) is 11.4 Å². The number of ether oxygens (including phenoxy) is 1. The van der Waals surface area contributed by atoms with Gasteiger partial charge in [0, 0.05) is 18.4 Å². The van der Waals surface area contributed by atoms with Crippen molar-refractivity contribution in [1.29, 1.82) is 0 Å². The molecule has 0 bridgehead atoms. The highest BCUT2D eigenvalue weighted by atomic mass is 16.5. The first kappa shape index (κ1) is 17.5. The van der Waals surface area contributed by atoms with E-state index in [9.17, 15) is 4.79 Å². The second-order valence-corrected chi connectivity index (χ2v) is 6.54. The fourth-order valence-electron chi connectivity index (χ4n) is 3.30. The molecule has 1 aliphatic heterocycles. The highest BCUT2D eigenvalue weighted by Gasteiger charge is 2.24. The molecule has 4 rings (SSSR count). The van der Waals surface area contributed by atoms with Gasteiger partial charge in [0.1, 0.15) is 11.9 Å². The van der Waals surface area contributed by atoms with E-state index in [4.69, 9.17) is 13.7 Å². The quantitative estimate of drug-likeness (QED) is 0.707. The van der Waals surface area contributed by atoms with Crippen molar-refractivity contribution in [2.75, 3.05) is 11.9 Å². The molecule has 0 spiro atoms. The maximum atomic E-state index is 12.3. The number of anilines is 1. The van der Waals surface area contributed by atoms with E-state index < -0.39 is 0 Å². The van der Waals surface area contributed by atoms with Crippen LogP contribution in [0.5, 0.6) is 0 Å². The zero-order valence-corrected chi connectivity index (χ0v) is 15.4. The third-order valence-corrected chi connectivity index (χ3v) is 4.73. The van der Waals surface area contributed by atoms with E-state index in [1.807, 2.05) is 32.0 Å². The van der Waals surface area contributed by atoms with Crippen LogP contribution in [0.15, 0.2) is 27.1 Å². The molecule has 8 nitrogen and oxygen atoms in total. The lowest BCUT2D eigenvalue weighted by Gasteiger charge is -2.06. The van der Waals surface area contributed by atoms with Gasteiger partial charge in [0.25, 0.3) is 5.89 Å². The third-order valence-electron chi connectivity index (χ3n) is 4.73. The van der Waals surface area contributed by atoms with Crippen LogP contribution in [0, 0.1) is 6.92 Å². The van der Waals surface area contributed by atoms with E-state index in [-0.39, 0.29) is 18.7 Å². The minimum absolute atomic E-state index is 0.132. The molecule has 0 saturated carbocycles. The number of carbonyl (C=O) groups excluding carboxylic acids is 1. The zero-order chi connectivity index (χ0) is 18.8. The van der Waals surface area contributed by atoms with E-state index in [1.165, 1.54) is 0 Å². The van der Waals surface area contributed by atoms with Crippen LogP contribution in [-0.4, -0.2) is 22.8 Å². The van der Waals surface area contributed by atoms with Crippen molar-refractivity contribution in [2.45, 2.75) is 45.8 Å². The van der Waals surface area contributed by atoms with Gasteiger partial charge in [-0.25, -0.2) is 4.79 Å². The van der Waals surface area contributed by atoms with Crippen LogP contribution in [0.1, 0.15) is 48.9 Å². The minimum Gasteiger partial charge on any atom is -0.459 e. The van der Waals surface area contributed by atoms with Crippen molar-refractivity contribution in [3.05, 3.63) is 41.2 Å². The number of urea groups is 1. The summed E-state index contributed by atoms with van der Waals surface area (Å²) in [7, 11) is 0. The van der Waals surface area contributed by atoms with E-state index in [1.54, 1.807) is 0 Å². The average Bonchev–Trinajstić information content (AvgIpc) is 3.41. The molecule has 0 aliphatic carbocycles. The van der Waals surface area contributed by atoms with Gasteiger partial charge in [-0.1, -0.05) is 24.2 Å². The molecule has 2 amide bonds. The summed E-state index contributed by atoms with van der Waals surface area (Å²) in [6.07, 6.45) is 2.53. The van der Waals surface area contributed by atoms with Crippen LogP contribution in [0.4, 0.5) is 10.5 Å². The van der Waals surface area contributed by atoms with Gasteiger partial charge in [0.2, 0.25) is 0 Å². The first-order valence-electron chi connectivity index (χ1n) is 9.15. The lowest BCUT2D eigenvalue weighted by molar-refractivity contribution is 0.0835. The first-order chi connectivity index (χ1) is 13.2. The van der Waals surface area contributed by atoms with Crippen molar-refractivity contribution in [3.63, 3.8) is 0 Å². The summed E-state index contributed by atoms with van der Waals surface area (Å²) in [4.78, 5) is 16.6. The van der Waals surface area contributed by atoms with E-state index in [0.717, 1.165) is 36.0 Å². The Morgan fingerprint density at radius 3 is 3.04 bits per heavy atom. The summed E-state index contributed by atoms with van der Waals surface area (Å²) in [5, 5.41) is 10.5. The molecule has 3 heterocycles. The van der Waals surface area contributed by atoms with Gasteiger partial charge >= 0.3 is 6.03 Å². The predicted octanol–water partition coefficient (Wildman–Crippen LogP) is 3.86. The van der Waals surface area contributed by atoms with Crippen molar-refractivity contribution >= 4 is 22.7 Å². The SMILES string of the molecule is CCc1oc2c(NC(=O)NCc3noc([C@H]4CCCO4)n3)cccc2c1C. The Hall–Kier alpha value is -2.87. The molecule has 3 aromatic rings. The molecule has 1 fully saturated rings. The number of para-hydroxylation sites is 1. The Bertz CT molecular complexity index is 956. The Morgan fingerprint density at radius 2 is 2.26 bits per heavy atom. The number of aryl methyl sites for hydroxylation is 2. The monoisotopic (exact) mass is 370 g/mol. The van der Waals surface area contributed by atoms with Crippen LogP contribution < -0.4 is 10.6 Å². The number of hydrogen-bond acceptors (Lipinski definition) is 6. The van der Waals surface area contributed by atoms with Crippen LogP contribution in [0.25, 0.3) is 11.0 Å². The number of hydrogen-bond donors (Lipinski definition) is 2. The normalized spacial score (nSPS) is 16.7. The summed E-state index contributed by atoms with van der Waals surface area (Å²) in [6, 6.07) is 5.34. The molecule has 27 heavy (non-hydrogen) atoms. The molecule has 2 N–H and O–H groups in total. The summed E-state index contributed by atoms with van der Waals surface area (Å²) < 4.78 is 16.6. The van der Waals surface area contributed by atoms with Gasteiger partial charge in [-0.2, -0.15) is 4.98 Å². The van der Waals surface area contributed by atoms with Gasteiger partial charge in [-0.05, 0) is 31.4 Å². The molecule has 1 saturated heterocycles. The largest absolute Gasteiger partial charge is 0.459 e. The van der Waals surface area contributed by atoms with Crippen molar-refractivity contribution in [3.8, 4) is 0 Å². The summed E-state index contributed by atoms with van der Waals surface area (Å²) >= 11 is 0. The Morgan fingerprint density at radius 1 is 1.37 bits per heavy atom. The molecule has 1 atom stereocenters. The Balaban J connectivity index is 1.40. The number of amides is 2. The standard InChI is InChI=1S/C19H22N4O4/c1-3-14-11(2)12-6-4-7-13(17(12)26-14)21-19(24)20-10-16-22-18(27-23-16)15-8-5-9-25-15/h4,6-7,15H,3,5,8-10H2,1-2H3,(H2,20,21,24)/t15-/m1/s1. The lowest BCUT2D eigenvalue weighted by atomic mass is 10.1. The number of aromatic nitrogens is 2. The maximum Gasteiger partial charge on any atom is 0.319 e. The predicted molar refractivity (Wildman–Crippen MR) is 98.4 cm³/mol. The Labute approximate surface area is 156 Å². The van der Waals surface area contributed by atoms with Gasteiger partial charge in [-0.15, -0.1) is 0 Å². The van der Waals surface area contributed by atoms with Crippen LogP contribution in [0.3, 0.4) is 0 Å². The molecule has 1 aromatic carbocycles. The number of fused-ring (bicyclic) bond motifs is 1. The molecule has 2 aromatic heterocycles. The van der Waals surface area contributed by atoms with Gasteiger partial charge in [0.05, 0.1) is 12.2 Å². The molecular weight excluding hydrogens is 348 g/mol. The lowest BCUT2D eigenvalue weighted by Crippen LogP contribution is -2.28. The summed E-state index contributed by atoms with van der Waals surface area (Å²) in [6.45, 7) is 4.94. The number of benzene rings is 1. The Kier molecular flexibility index (Phi) is 4.81. The first-order valence-corrected chi connectivity index (χ1v) is 9.15. The second-order valence-electron chi connectivity index (χ2n) is 6.54. The molecule has 1 aliphatic rings. The van der Waals surface area contributed by atoms with E-state index >= 15 is 0 Å². The van der Waals surface area contributed by atoms with Gasteiger partial charge in [-0.3, -0.25) is 0 Å². The molecule has 142 valence electrons. The van der Waals surface area contributed by atoms with Crippen LogP contribution in [-0.2, 0) is 17.7 Å². The molecule has 0 radical (unpaired) electrons. The second kappa shape index (κ2) is 7.40. The number of nitrogens with one attached hydrogen (secondary N) is 2. The van der Waals surface area contributed by atoms with Crippen molar-refractivity contribution in [1.82, 2.24) is 15.5 Å². The minimum atomic E-state index is -0.363. The van der Waals surface area contributed by atoms with E-state index in [0.29, 0.717) is 29.6 Å². The fraction of sp³-hybridized carbons (Fsp3) is 0.421. The zero-order valence-electron chi connectivity index (χ0n) is 15.4. The fourth-order valence-corrected chi connectivity index (χ4v) is 3.30. The van der Waals surface area contributed by atoms with E-state index in [2.05, 4.69) is 20.8 Å². The molecule has 0 unspecified atom stereocenters. The average molecular weight is 370 g/mol. The summed E-state index contributed by atoms with van der Waals surface area (Å²) in [5.41, 5.74) is 2.41. The van der Waals surface area contributed by atoms with Crippen molar-refractivity contribution in [2.24, 2.45) is 0 Å². The summed E-state index contributed by atoms with van der Waals surface area (Å²) in [5.74, 6) is 1.80. The highest BCUT2D eigenvalue weighted by Crippen LogP contribution is 2.31. The van der Waals surface area contributed by atoms with Crippen molar-refractivity contribution < 1.29 is 18.5 Å². The number of furan rings is 1. The number of rotatable bonds is 5. The van der Waals surface area contributed by atoms with Gasteiger partial charge < -0.3 is 24.3 Å². The third kappa shape index (κ3) is 3.52. The maximum absolute atomic E-state index is 12.3. The van der Waals surface area contributed by atoms with Crippen LogP contribution >= 0.6 is 0 Å². The van der Waals surface area contributed by atoms with Crippen LogP contribution in [0.2, 0.25) is 0 Å². The molecule has 8 heteroatoms. The number of nitrogens with zero attached hydrogens (tertiary/aromatic N) is 2. The number of carbonyl (C=O) groups is 1.